The predicted molar refractivity (Wildman–Crippen MR) is 74.5 cm³/mol. The summed E-state index contributed by atoms with van der Waals surface area (Å²) in [6.45, 7) is 4.91. The van der Waals surface area contributed by atoms with E-state index in [1.165, 1.54) is 11.5 Å². The molecule has 2 N–H and O–H groups in total. The van der Waals surface area contributed by atoms with E-state index in [9.17, 15) is 9.59 Å². The first-order valence-corrected chi connectivity index (χ1v) is 7.85. The van der Waals surface area contributed by atoms with E-state index in [1.807, 2.05) is 11.8 Å². The summed E-state index contributed by atoms with van der Waals surface area (Å²) in [4.78, 5) is 26.3. The third-order valence-electron chi connectivity index (χ3n) is 3.52. The quantitative estimate of drug-likeness (QED) is 0.753. The number of thioether (sulfide) groups is 1. The van der Waals surface area contributed by atoms with E-state index >= 15 is 0 Å². The van der Waals surface area contributed by atoms with Gasteiger partial charge in [-0.1, -0.05) is 0 Å². The number of carboxylic acids is 1. The smallest absolute Gasteiger partial charge is 0.317 e. The number of urea groups is 1. The first kappa shape index (κ1) is 14.5. The molecule has 7 heteroatoms. The largest absolute Gasteiger partial charge is 0.481 e. The standard InChI is InChI=1S/C12H21N3O3S/c16-11(17)7-10-8-15(9-10)12(18)13-1-2-14-3-5-19-6-4-14/h10H,1-9H2,(H,13,18)(H,16,17). The lowest BCUT2D eigenvalue weighted by molar-refractivity contribution is -0.139. The molecular formula is C12H21N3O3S. The van der Waals surface area contributed by atoms with Crippen LogP contribution in [-0.2, 0) is 4.79 Å². The Morgan fingerprint density at radius 2 is 1.95 bits per heavy atom. The van der Waals surface area contributed by atoms with Crippen molar-refractivity contribution in [2.75, 3.05) is 50.8 Å². The van der Waals surface area contributed by atoms with Gasteiger partial charge in [0, 0.05) is 56.7 Å². The van der Waals surface area contributed by atoms with Crippen LogP contribution >= 0.6 is 11.8 Å². The average molecular weight is 287 g/mol. The molecule has 0 atom stereocenters. The monoisotopic (exact) mass is 287 g/mol. The Kier molecular flexibility index (Phi) is 5.33. The lowest BCUT2D eigenvalue weighted by atomic mass is 9.97. The van der Waals surface area contributed by atoms with Gasteiger partial charge >= 0.3 is 12.0 Å². The van der Waals surface area contributed by atoms with E-state index in [0.717, 1.165) is 19.6 Å². The van der Waals surface area contributed by atoms with Crippen molar-refractivity contribution < 1.29 is 14.7 Å². The van der Waals surface area contributed by atoms with Crippen molar-refractivity contribution in [3.63, 3.8) is 0 Å². The summed E-state index contributed by atoms with van der Waals surface area (Å²) in [6.07, 6.45) is 0.162. The minimum atomic E-state index is -0.784. The molecule has 0 aromatic rings. The molecule has 0 aliphatic carbocycles. The van der Waals surface area contributed by atoms with Gasteiger partial charge in [-0.15, -0.1) is 0 Å². The van der Waals surface area contributed by atoms with Gasteiger partial charge in [0.05, 0.1) is 6.42 Å². The molecule has 108 valence electrons. The number of amides is 2. The van der Waals surface area contributed by atoms with Crippen LogP contribution in [0, 0.1) is 5.92 Å². The predicted octanol–water partition coefficient (Wildman–Crippen LogP) is 0.151. The zero-order valence-electron chi connectivity index (χ0n) is 11.0. The van der Waals surface area contributed by atoms with E-state index in [2.05, 4.69) is 10.2 Å². The Bertz CT molecular complexity index is 328. The van der Waals surface area contributed by atoms with E-state index < -0.39 is 5.97 Å². The Balaban J connectivity index is 1.54. The number of nitrogens with one attached hydrogen (secondary N) is 1. The van der Waals surface area contributed by atoms with Gasteiger partial charge in [-0.05, 0) is 0 Å². The average Bonchev–Trinajstić information content (AvgIpc) is 2.34. The number of carbonyl (C=O) groups excluding carboxylic acids is 1. The molecule has 19 heavy (non-hydrogen) atoms. The SMILES string of the molecule is O=C(O)CC1CN(C(=O)NCCN2CCSCC2)C1. The Morgan fingerprint density at radius 3 is 2.58 bits per heavy atom. The van der Waals surface area contributed by atoms with Crippen molar-refractivity contribution in [3.8, 4) is 0 Å². The van der Waals surface area contributed by atoms with Crippen molar-refractivity contribution in [2.24, 2.45) is 5.92 Å². The van der Waals surface area contributed by atoms with Crippen LogP contribution in [0.1, 0.15) is 6.42 Å². The topological polar surface area (TPSA) is 72.9 Å². The molecule has 2 saturated heterocycles. The molecule has 2 aliphatic rings. The molecule has 0 aromatic carbocycles. The maximum absolute atomic E-state index is 11.7. The van der Waals surface area contributed by atoms with Gasteiger partial charge in [-0.2, -0.15) is 11.8 Å². The minimum Gasteiger partial charge on any atom is -0.481 e. The van der Waals surface area contributed by atoms with Crippen LogP contribution in [-0.4, -0.2) is 77.7 Å². The zero-order chi connectivity index (χ0) is 13.7. The highest BCUT2D eigenvalue weighted by Crippen LogP contribution is 2.18. The van der Waals surface area contributed by atoms with Crippen molar-refractivity contribution in [2.45, 2.75) is 6.42 Å². The van der Waals surface area contributed by atoms with Gasteiger partial charge in [0.15, 0.2) is 0 Å². The first-order chi connectivity index (χ1) is 9.15. The third-order valence-corrected chi connectivity index (χ3v) is 4.46. The molecule has 0 unspecified atom stereocenters. The molecule has 2 rings (SSSR count). The molecular weight excluding hydrogens is 266 g/mol. The molecule has 0 aromatic heterocycles. The summed E-state index contributed by atoms with van der Waals surface area (Å²) in [5, 5.41) is 11.5. The van der Waals surface area contributed by atoms with Gasteiger partial charge in [-0.3, -0.25) is 9.69 Å². The van der Waals surface area contributed by atoms with Gasteiger partial charge in [0.2, 0.25) is 0 Å². The molecule has 2 amide bonds. The molecule has 0 saturated carbocycles. The highest BCUT2D eigenvalue weighted by atomic mass is 32.2. The van der Waals surface area contributed by atoms with Crippen LogP contribution < -0.4 is 5.32 Å². The number of hydrogen-bond acceptors (Lipinski definition) is 4. The highest BCUT2D eigenvalue weighted by Gasteiger charge is 2.31. The number of likely N-dealkylation sites (tertiary alicyclic amines) is 1. The number of aliphatic carboxylic acids is 1. The van der Waals surface area contributed by atoms with Gasteiger partial charge in [0.1, 0.15) is 0 Å². The number of hydrogen-bond donors (Lipinski definition) is 2. The van der Waals surface area contributed by atoms with Crippen molar-refractivity contribution in [1.29, 1.82) is 0 Å². The first-order valence-electron chi connectivity index (χ1n) is 6.70. The van der Waals surface area contributed by atoms with Crippen LogP contribution in [0.2, 0.25) is 0 Å². The Hall–Kier alpha value is -0.950. The fourth-order valence-corrected chi connectivity index (χ4v) is 3.35. The number of carboxylic acid groups (broad SMARTS) is 1. The van der Waals surface area contributed by atoms with E-state index in [4.69, 9.17) is 5.11 Å². The van der Waals surface area contributed by atoms with Gasteiger partial charge in [0.25, 0.3) is 0 Å². The molecule has 0 bridgehead atoms. The lowest BCUT2D eigenvalue weighted by Crippen LogP contribution is -2.55. The summed E-state index contributed by atoms with van der Waals surface area (Å²) in [5.74, 6) is 1.70. The lowest BCUT2D eigenvalue weighted by Gasteiger charge is -2.38. The second-order valence-electron chi connectivity index (χ2n) is 5.05. The van der Waals surface area contributed by atoms with Crippen molar-refractivity contribution in [3.05, 3.63) is 0 Å². The third kappa shape index (κ3) is 4.58. The van der Waals surface area contributed by atoms with Crippen LogP contribution in [0.15, 0.2) is 0 Å². The molecule has 0 spiro atoms. The highest BCUT2D eigenvalue weighted by molar-refractivity contribution is 7.99. The molecule has 2 heterocycles. The maximum Gasteiger partial charge on any atom is 0.317 e. The van der Waals surface area contributed by atoms with Gasteiger partial charge in [-0.25, -0.2) is 4.79 Å². The summed E-state index contributed by atoms with van der Waals surface area (Å²) in [7, 11) is 0. The molecule has 2 fully saturated rings. The van der Waals surface area contributed by atoms with E-state index in [-0.39, 0.29) is 18.4 Å². The normalized spacial score (nSPS) is 20.9. The summed E-state index contributed by atoms with van der Waals surface area (Å²) in [6, 6.07) is -0.0620. The van der Waals surface area contributed by atoms with Crippen molar-refractivity contribution in [1.82, 2.24) is 15.1 Å². The number of rotatable bonds is 5. The molecule has 6 nitrogen and oxygen atoms in total. The zero-order valence-corrected chi connectivity index (χ0v) is 11.8. The summed E-state index contributed by atoms with van der Waals surface area (Å²) >= 11 is 1.98. The Morgan fingerprint density at radius 1 is 1.26 bits per heavy atom. The second kappa shape index (κ2) is 7.00. The van der Waals surface area contributed by atoms with Crippen LogP contribution in [0.5, 0.6) is 0 Å². The van der Waals surface area contributed by atoms with Crippen LogP contribution in [0.4, 0.5) is 4.79 Å². The van der Waals surface area contributed by atoms with Gasteiger partial charge < -0.3 is 15.3 Å². The summed E-state index contributed by atoms with van der Waals surface area (Å²) < 4.78 is 0. The second-order valence-corrected chi connectivity index (χ2v) is 6.28. The Labute approximate surface area is 117 Å². The molecule has 2 aliphatic heterocycles. The van der Waals surface area contributed by atoms with E-state index in [1.54, 1.807) is 4.90 Å². The van der Waals surface area contributed by atoms with Crippen molar-refractivity contribution >= 4 is 23.8 Å². The fraction of sp³-hybridized carbons (Fsp3) is 0.833. The number of nitrogens with zero attached hydrogens (tertiary/aromatic N) is 2. The van der Waals surface area contributed by atoms with Crippen LogP contribution in [0.25, 0.3) is 0 Å². The fourth-order valence-electron chi connectivity index (χ4n) is 2.37. The minimum absolute atomic E-state index is 0.0620. The molecule has 0 radical (unpaired) electrons. The summed E-state index contributed by atoms with van der Waals surface area (Å²) in [5.41, 5.74) is 0. The maximum atomic E-state index is 11.7. The van der Waals surface area contributed by atoms with E-state index in [0.29, 0.717) is 19.6 Å². The van der Waals surface area contributed by atoms with Crippen LogP contribution in [0.3, 0.4) is 0 Å². The number of carbonyl (C=O) groups is 2.